The number of nitrogens with zero attached hydrogens (tertiary/aromatic N) is 2. The minimum absolute atomic E-state index is 0.398. The van der Waals surface area contributed by atoms with Gasteiger partial charge in [-0.3, -0.25) is 4.98 Å². The molecule has 0 saturated carbocycles. The monoisotopic (exact) mass is 213 g/mol. The summed E-state index contributed by atoms with van der Waals surface area (Å²) in [5, 5.41) is 9.79. The zero-order valence-electron chi connectivity index (χ0n) is 8.90. The lowest BCUT2D eigenvalue weighted by Crippen LogP contribution is -1.98. The zero-order valence-corrected chi connectivity index (χ0v) is 8.90. The van der Waals surface area contributed by atoms with Gasteiger partial charge in [-0.25, -0.2) is 0 Å². The van der Waals surface area contributed by atoms with Crippen LogP contribution in [-0.4, -0.2) is 11.6 Å². The summed E-state index contributed by atoms with van der Waals surface area (Å²) in [6.07, 6.45) is 1.65. The van der Waals surface area contributed by atoms with Crippen molar-refractivity contribution in [3.63, 3.8) is 0 Å². The van der Waals surface area contributed by atoms with Crippen LogP contribution in [0.5, 0.6) is 5.75 Å². The quantitative estimate of drug-likeness (QED) is 0.775. The van der Waals surface area contributed by atoms with E-state index in [0.717, 1.165) is 5.39 Å². The van der Waals surface area contributed by atoms with Crippen LogP contribution in [0.2, 0.25) is 0 Å². The zero-order chi connectivity index (χ0) is 11.5. The number of hydrogen-bond acceptors (Lipinski definition) is 4. The first kappa shape index (κ1) is 10.2. The minimum Gasteiger partial charge on any atom is -0.493 e. The molecule has 1 heterocycles. The molecule has 1 aromatic heterocycles. The lowest BCUT2D eigenvalue weighted by atomic mass is 10.1. The molecular weight excluding hydrogens is 202 g/mol. The molecule has 80 valence electrons. The number of benzene rings is 1. The van der Waals surface area contributed by atoms with E-state index in [1.54, 1.807) is 12.3 Å². The molecule has 0 aliphatic rings. The molecule has 0 fully saturated rings. The predicted octanol–water partition coefficient (Wildman–Crippen LogP) is 2.09. The van der Waals surface area contributed by atoms with Crippen molar-refractivity contribution < 1.29 is 4.74 Å². The maximum Gasteiger partial charge on any atom is 0.130 e. The van der Waals surface area contributed by atoms with Crippen molar-refractivity contribution in [2.24, 2.45) is 0 Å². The molecule has 0 saturated heterocycles. The number of aromatic nitrogens is 1. The lowest BCUT2D eigenvalue weighted by Gasteiger charge is -2.09. The van der Waals surface area contributed by atoms with Gasteiger partial charge in [-0.15, -0.1) is 0 Å². The summed E-state index contributed by atoms with van der Waals surface area (Å²) < 4.78 is 5.47. The first-order valence-electron chi connectivity index (χ1n) is 4.98. The maximum atomic E-state index is 8.96. The van der Waals surface area contributed by atoms with E-state index in [2.05, 4.69) is 4.98 Å². The summed E-state index contributed by atoms with van der Waals surface area (Å²) >= 11 is 0. The van der Waals surface area contributed by atoms with Gasteiger partial charge in [-0.1, -0.05) is 0 Å². The van der Waals surface area contributed by atoms with Gasteiger partial charge in [0.15, 0.2) is 0 Å². The van der Waals surface area contributed by atoms with Gasteiger partial charge in [0, 0.05) is 17.6 Å². The van der Waals surface area contributed by atoms with E-state index < -0.39 is 0 Å². The van der Waals surface area contributed by atoms with Crippen molar-refractivity contribution in [1.29, 1.82) is 5.26 Å². The summed E-state index contributed by atoms with van der Waals surface area (Å²) in [7, 11) is 0. The van der Waals surface area contributed by atoms with Gasteiger partial charge in [0.25, 0.3) is 0 Å². The summed E-state index contributed by atoms with van der Waals surface area (Å²) in [6.45, 7) is 2.43. The number of nitrogens with two attached hydrogens (primary N) is 1. The highest BCUT2D eigenvalue weighted by molar-refractivity contribution is 5.96. The van der Waals surface area contributed by atoms with Crippen molar-refractivity contribution in [1.82, 2.24) is 4.98 Å². The number of nitrogen functional groups attached to an aromatic ring is 1. The van der Waals surface area contributed by atoms with E-state index in [1.807, 2.05) is 25.1 Å². The molecule has 0 amide bonds. The van der Waals surface area contributed by atoms with Crippen molar-refractivity contribution in [2.45, 2.75) is 6.92 Å². The highest BCUT2D eigenvalue weighted by Crippen LogP contribution is 2.31. The molecule has 2 aromatic rings. The minimum atomic E-state index is 0.398. The Kier molecular flexibility index (Phi) is 2.61. The van der Waals surface area contributed by atoms with Crippen molar-refractivity contribution in [3.05, 3.63) is 30.0 Å². The van der Waals surface area contributed by atoms with E-state index in [4.69, 9.17) is 15.7 Å². The van der Waals surface area contributed by atoms with Crippen LogP contribution in [0.1, 0.15) is 12.5 Å². The molecule has 2 rings (SSSR count). The Labute approximate surface area is 93.3 Å². The van der Waals surface area contributed by atoms with E-state index in [0.29, 0.717) is 29.1 Å². The molecule has 0 spiro atoms. The van der Waals surface area contributed by atoms with Gasteiger partial charge in [0.2, 0.25) is 0 Å². The molecular formula is C12H11N3O. The van der Waals surface area contributed by atoms with Gasteiger partial charge < -0.3 is 10.5 Å². The van der Waals surface area contributed by atoms with Crippen LogP contribution in [0.3, 0.4) is 0 Å². The summed E-state index contributed by atoms with van der Waals surface area (Å²) in [4.78, 5) is 4.18. The van der Waals surface area contributed by atoms with E-state index >= 15 is 0 Å². The fourth-order valence-electron chi connectivity index (χ4n) is 1.60. The lowest BCUT2D eigenvalue weighted by molar-refractivity contribution is 0.344. The molecule has 0 radical (unpaired) electrons. The second-order valence-corrected chi connectivity index (χ2v) is 3.28. The normalized spacial score (nSPS) is 10.0. The van der Waals surface area contributed by atoms with Crippen LogP contribution in [0.4, 0.5) is 5.69 Å². The summed E-state index contributed by atoms with van der Waals surface area (Å²) in [5.41, 5.74) is 7.27. The second kappa shape index (κ2) is 4.07. The Morgan fingerprint density at radius 1 is 1.56 bits per heavy atom. The average Bonchev–Trinajstić information content (AvgIpc) is 2.33. The van der Waals surface area contributed by atoms with Crippen LogP contribution in [0.25, 0.3) is 10.9 Å². The molecule has 0 unspecified atom stereocenters. The number of fused-ring (bicyclic) bond motifs is 1. The fraction of sp³-hybridized carbons (Fsp3) is 0.167. The Hall–Kier alpha value is -2.28. The maximum absolute atomic E-state index is 8.96. The Balaban J connectivity index is 2.80. The van der Waals surface area contributed by atoms with Crippen LogP contribution < -0.4 is 10.5 Å². The molecule has 4 nitrogen and oxygen atoms in total. The van der Waals surface area contributed by atoms with Gasteiger partial charge in [0.05, 0.1) is 23.4 Å². The molecule has 4 heteroatoms. The van der Waals surface area contributed by atoms with Crippen LogP contribution in [0.15, 0.2) is 24.4 Å². The summed E-state index contributed by atoms with van der Waals surface area (Å²) in [6, 6.07) is 7.39. The number of pyridine rings is 1. The van der Waals surface area contributed by atoms with E-state index in [9.17, 15) is 0 Å². The molecule has 1 aromatic carbocycles. The number of rotatable bonds is 2. The van der Waals surface area contributed by atoms with Crippen LogP contribution in [-0.2, 0) is 0 Å². The predicted molar refractivity (Wildman–Crippen MR) is 62.0 cm³/mol. The van der Waals surface area contributed by atoms with Gasteiger partial charge in [0.1, 0.15) is 11.8 Å². The fourth-order valence-corrected chi connectivity index (χ4v) is 1.60. The Bertz CT molecular complexity index is 572. The van der Waals surface area contributed by atoms with Crippen molar-refractivity contribution in [3.8, 4) is 11.8 Å². The van der Waals surface area contributed by atoms with Crippen molar-refractivity contribution >= 4 is 16.6 Å². The highest BCUT2D eigenvalue weighted by atomic mass is 16.5. The van der Waals surface area contributed by atoms with Crippen molar-refractivity contribution in [2.75, 3.05) is 12.3 Å². The Morgan fingerprint density at radius 3 is 3.06 bits per heavy atom. The second-order valence-electron chi connectivity index (χ2n) is 3.28. The first-order valence-corrected chi connectivity index (χ1v) is 4.98. The number of anilines is 1. The van der Waals surface area contributed by atoms with Crippen LogP contribution in [0, 0.1) is 11.3 Å². The largest absolute Gasteiger partial charge is 0.493 e. The Morgan fingerprint density at radius 2 is 2.38 bits per heavy atom. The first-order chi connectivity index (χ1) is 7.77. The third-order valence-corrected chi connectivity index (χ3v) is 2.31. The van der Waals surface area contributed by atoms with E-state index in [-0.39, 0.29) is 0 Å². The van der Waals surface area contributed by atoms with Crippen LogP contribution >= 0.6 is 0 Å². The van der Waals surface area contributed by atoms with Gasteiger partial charge >= 0.3 is 0 Å². The molecule has 0 aliphatic heterocycles. The number of hydrogen-bond donors (Lipinski definition) is 1. The highest BCUT2D eigenvalue weighted by Gasteiger charge is 2.10. The average molecular weight is 213 g/mol. The third-order valence-electron chi connectivity index (χ3n) is 2.31. The van der Waals surface area contributed by atoms with Gasteiger partial charge in [-0.05, 0) is 19.1 Å². The standard InChI is InChI=1S/C12H11N3O/c1-2-16-10-6-8(7-13)11(14)12-9(10)4-3-5-15-12/h3-6H,2,14H2,1H3. The molecule has 2 N–H and O–H groups in total. The SMILES string of the molecule is CCOc1cc(C#N)c(N)c2ncccc12. The molecule has 0 atom stereocenters. The smallest absolute Gasteiger partial charge is 0.130 e. The van der Waals surface area contributed by atoms with E-state index in [1.165, 1.54) is 0 Å². The molecule has 0 bridgehead atoms. The number of nitriles is 1. The number of ether oxygens (including phenoxy) is 1. The topological polar surface area (TPSA) is 71.9 Å². The van der Waals surface area contributed by atoms with Gasteiger partial charge in [-0.2, -0.15) is 5.26 Å². The summed E-state index contributed by atoms with van der Waals surface area (Å²) in [5.74, 6) is 0.649. The third kappa shape index (κ3) is 1.52. The molecule has 16 heavy (non-hydrogen) atoms. The molecule has 0 aliphatic carbocycles.